The molecule has 33 heavy (non-hydrogen) atoms. The number of nitrogens with zero attached hydrogens (tertiary/aromatic N) is 5. The van der Waals surface area contributed by atoms with Gasteiger partial charge in [0.2, 0.25) is 5.91 Å². The first kappa shape index (κ1) is 22.1. The average Bonchev–Trinajstić information content (AvgIpc) is 3.29. The van der Waals surface area contributed by atoms with E-state index in [2.05, 4.69) is 44.0 Å². The minimum Gasteiger partial charge on any atom is -0.309 e. The van der Waals surface area contributed by atoms with Crippen molar-refractivity contribution in [1.29, 1.82) is 5.26 Å². The number of hydrogen-bond acceptors (Lipinski definition) is 6. The molecule has 8 nitrogen and oxygen atoms in total. The lowest BCUT2D eigenvalue weighted by atomic mass is 9.91. The highest BCUT2D eigenvalue weighted by molar-refractivity contribution is 5.94. The Labute approximate surface area is 192 Å². The average molecular weight is 440 g/mol. The first-order valence-electron chi connectivity index (χ1n) is 10.8. The summed E-state index contributed by atoms with van der Waals surface area (Å²) in [5.74, 6) is 0.413. The number of allylic oxidation sites excluding steroid dienone is 3. The van der Waals surface area contributed by atoms with Crippen molar-refractivity contribution in [1.82, 2.24) is 25.3 Å². The molecule has 0 spiro atoms. The molecule has 1 aliphatic carbocycles. The number of anilines is 1. The molecule has 3 aromatic rings. The van der Waals surface area contributed by atoms with Crippen molar-refractivity contribution in [2.75, 3.05) is 11.9 Å². The van der Waals surface area contributed by atoms with Crippen molar-refractivity contribution in [2.24, 2.45) is 13.0 Å². The molecule has 2 atom stereocenters. The highest BCUT2D eigenvalue weighted by atomic mass is 16.2. The van der Waals surface area contributed by atoms with E-state index in [4.69, 9.17) is 5.26 Å². The van der Waals surface area contributed by atoms with Gasteiger partial charge in [-0.15, -0.1) is 0 Å². The van der Waals surface area contributed by atoms with Crippen LogP contribution in [0.15, 0.2) is 73.1 Å². The Kier molecular flexibility index (Phi) is 7.03. The highest BCUT2D eigenvalue weighted by Gasteiger charge is 2.26. The summed E-state index contributed by atoms with van der Waals surface area (Å²) in [6, 6.07) is 12.9. The number of pyridine rings is 1. The second-order valence-corrected chi connectivity index (χ2v) is 7.84. The molecule has 166 valence electrons. The van der Waals surface area contributed by atoms with Crippen LogP contribution >= 0.6 is 0 Å². The monoisotopic (exact) mass is 439 g/mol. The summed E-state index contributed by atoms with van der Waals surface area (Å²) in [5.41, 5.74) is 3.31. The van der Waals surface area contributed by atoms with Crippen LogP contribution in [0, 0.1) is 17.2 Å². The molecule has 0 aliphatic heterocycles. The van der Waals surface area contributed by atoms with Crippen LogP contribution < -0.4 is 10.6 Å². The number of hydrogen-bond donors (Lipinski definition) is 2. The molecule has 1 aliphatic rings. The maximum Gasteiger partial charge on any atom is 0.243 e. The normalized spacial score (nSPS) is 15.7. The van der Waals surface area contributed by atoms with E-state index in [0.717, 1.165) is 29.7 Å². The molecule has 0 saturated heterocycles. The Morgan fingerprint density at radius 1 is 1.21 bits per heavy atom. The number of nitriles is 1. The van der Waals surface area contributed by atoms with E-state index >= 15 is 0 Å². The number of benzene rings is 1. The third kappa shape index (κ3) is 5.79. The van der Waals surface area contributed by atoms with Crippen LogP contribution in [0.2, 0.25) is 0 Å². The van der Waals surface area contributed by atoms with E-state index in [1.54, 1.807) is 25.5 Å². The number of carbonyl (C=O) groups excluding carboxylic acids is 1. The van der Waals surface area contributed by atoms with Gasteiger partial charge in [0.1, 0.15) is 11.5 Å². The molecular weight excluding hydrogens is 414 g/mol. The lowest BCUT2D eigenvalue weighted by Crippen LogP contribution is -2.46. The summed E-state index contributed by atoms with van der Waals surface area (Å²) in [4.78, 5) is 19.0. The molecule has 2 aromatic heterocycles. The lowest BCUT2D eigenvalue weighted by molar-refractivity contribution is -0.119. The molecule has 0 radical (unpaired) electrons. The summed E-state index contributed by atoms with van der Waals surface area (Å²) in [6.07, 6.45) is 13.0. The third-order valence-electron chi connectivity index (χ3n) is 5.50. The molecule has 0 saturated carbocycles. The van der Waals surface area contributed by atoms with Crippen LogP contribution in [-0.2, 0) is 18.3 Å². The SMILES string of the molecule is Cn1ncc(-c2ccc(NC(=O)C(NCCc3ccc(C#N)cc3)C3C=CC=CC3)nc2)n1. The minimum absolute atomic E-state index is 0.0508. The van der Waals surface area contributed by atoms with Crippen molar-refractivity contribution < 1.29 is 4.79 Å². The summed E-state index contributed by atoms with van der Waals surface area (Å²) < 4.78 is 0. The van der Waals surface area contributed by atoms with Gasteiger partial charge in [-0.3, -0.25) is 4.79 Å². The van der Waals surface area contributed by atoms with Crippen molar-refractivity contribution in [3.8, 4) is 17.3 Å². The molecule has 2 N–H and O–H groups in total. The second-order valence-electron chi connectivity index (χ2n) is 7.84. The largest absolute Gasteiger partial charge is 0.309 e. The fraction of sp³-hybridized carbons (Fsp3) is 0.240. The Morgan fingerprint density at radius 3 is 2.70 bits per heavy atom. The first-order chi connectivity index (χ1) is 16.1. The molecule has 1 amide bonds. The van der Waals surface area contributed by atoms with Crippen LogP contribution in [0.25, 0.3) is 11.3 Å². The number of aromatic nitrogens is 4. The molecule has 0 bridgehead atoms. The van der Waals surface area contributed by atoms with Gasteiger partial charge < -0.3 is 10.6 Å². The predicted molar refractivity (Wildman–Crippen MR) is 126 cm³/mol. The standard InChI is InChI=1S/C25H25N7O/c1-32-29-17-22(31-32)21-11-12-23(28-16-21)30-25(33)24(20-5-3-2-4-6-20)27-14-13-18-7-9-19(15-26)10-8-18/h2-5,7-12,16-17,20,24,27H,6,13-14H2,1H3,(H,28,30,33). The zero-order chi connectivity index (χ0) is 23.0. The van der Waals surface area contributed by atoms with E-state index in [-0.39, 0.29) is 11.8 Å². The Hall–Kier alpha value is -4.09. The molecule has 2 unspecified atom stereocenters. The number of carbonyl (C=O) groups is 1. The summed E-state index contributed by atoms with van der Waals surface area (Å²) in [6.45, 7) is 0.636. The highest BCUT2D eigenvalue weighted by Crippen LogP contribution is 2.19. The minimum atomic E-state index is -0.397. The van der Waals surface area contributed by atoms with Crippen LogP contribution in [0.3, 0.4) is 0 Å². The number of aryl methyl sites for hydroxylation is 1. The van der Waals surface area contributed by atoms with Gasteiger partial charge in [-0.1, -0.05) is 36.4 Å². The van der Waals surface area contributed by atoms with Crippen LogP contribution in [-0.4, -0.2) is 38.5 Å². The summed E-state index contributed by atoms with van der Waals surface area (Å²) >= 11 is 0. The molecule has 0 fully saturated rings. The van der Waals surface area contributed by atoms with Crippen LogP contribution in [0.4, 0.5) is 5.82 Å². The van der Waals surface area contributed by atoms with Crippen LogP contribution in [0.5, 0.6) is 0 Å². The molecule has 8 heteroatoms. The number of amides is 1. The lowest BCUT2D eigenvalue weighted by Gasteiger charge is -2.25. The van der Waals surface area contributed by atoms with Crippen molar-refractivity contribution in [2.45, 2.75) is 18.9 Å². The molecule has 2 heterocycles. The van der Waals surface area contributed by atoms with E-state index in [1.165, 1.54) is 4.80 Å². The maximum absolute atomic E-state index is 13.2. The van der Waals surface area contributed by atoms with E-state index in [1.807, 2.05) is 42.5 Å². The van der Waals surface area contributed by atoms with Crippen LogP contribution in [0.1, 0.15) is 17.5 Å². The Bertz CT molecular complexity index is 1190. The third-order valence-corrected chi connectivity index (χ3v) is 5.50. The van der Waals surface area contributed by atoms with Gasteiger partial charge in [0.25, 0.3) is 0 Å². The summed E-state index contributed by atoms with van der Waals surface area (Å²) in [5, 5.41) is 23.6. The number of nitrogens with one attached hydrogen (secondary N) is 2. The van der Waals surface area contributed by atoms with Crippen molar-refractivity contribution in [3.63, 3.8) is 0 Å². The quantitative estimate of drug-likeness (QED) is 0.559. The van der Waals surface area contributed by atoms with Gasteiger partial charge in [-0.25, -0.2) is 4.98 Å². The van der Waals surface area contributed by atoms with E-state index < -0.39 is 6.04 Å². The Morgan fingerprint density at radius 2 is 2.06 bits per heavy atom. The van der Waals surface area contributed by atoms with Crippen molar-refractivity contribution >= 4 is 11.7 Å². The van der Waals surface area contributed by atoms with Crippen molar-refractivity contribution in [3.05, 3.63) is 84.2 Å². The predicted octanol–water partition coefficient (Wildman–Crippen LogP) is 3.02. The Balaban J connectivity index is 1.40. The fourth-order valence-corrected chi connectivity index (χ4v) is 3.70. The number of rotatable bonds is 8. The zero-order valence-corrected chi connectivity index (χ0v) is 18.3. The van der Waals surface area contributed by atoms with Gasteiger partial charge >= 0.3 is 0 Å². The fourth-order valence-electron chi connectivity index (χ4n) is 3.70. The molecular formula is C25H25N7O. The smallest absolute Gasteiger partial charge is 0.243 e. The van der Waals surface area contributed by atoms with Gasteiger partial charge in [-0.2, -0.15) is 20.3 Å². The van der Waals surface area contributed by atoms with E-state index in [9.17, 15) is 4.79 Å². The first-order valence-corrected chi connectivity index (χ1v) is 10.8. The second kappa shape index (κ2) is 10.5. The topological polar surface area (TPSA) is 109 Å². The van der Waals surface area contributed by atoms with E-state index in [0.29, 0.717) is 17.9 Å². The van der Waals surface area contributed by atoms with Gasteiger partial charge in [0.05, 0.1) is 23.9 Å². The molecule has 1 aromatic carbocycles. The van der Waals surface area contributed by atoms with Gasteiger partial charge in [0, 0.05) is 24.7 Å². The summed E-state index contributed by atoms with van der Waals surface area (Å²) in [7, 11) is 1.76. The van der Waals surface area contributed by atoms with Gasteiger partial charge in [-0.05, 0) is 49.2 Å². The molecule has 4 rings (SSSR count). The maximum atomic E-state index is 13.2. The zero-order valence-electron chi connectivity index (χ0n) is 18.3. The van der Waals surface area contributed by atoms with Gasteiger partial charge in [0.15, 0.2) is 0 Å².